The van der Waals surface area contributed by atoms with Crippen molar-refractivity contribution < 1.29 is 0 Å². The van der Waals surface area contributed by atoms with Gasteiger partial charge in [-0.05, 0) is 26.0 Å². The zero-order valence-corrected chi connectivity index (χ0v) is 11.4. The molecular formula is C15H15N5. The second-order valence-corrected chi connectivity index (χ2v) is 4.69. The molecule has 2 heterocycles. The number of aromatic nitrogens is 3. The average molecular weight is 265 g/mol. The number of fused-ring (bicyclic) bond motifs is 1. The number of pyridine rings is 1. The smallest absolute Gasteiger partial charge is 0.162 e. The van der Waals surface area contributed by atoms with Crippen LogP contribution >= 0.6 is 0 Å². The van der Waals surface area contributed by atoms with E-state index in [1.165, 1.54) is 0 Å². The van der Waals surface area contributed by atoms with Crippen LogP contribution in [-0.2, 0) is 0 Å². The van der Waals surface area contributed by atoms with Gasteiger partial charge in [0.1, 0.15) is 5.82 Å². The largest absolute Gasteiger partial charge is 0.308 e. The van der Waals surface area contributed by atoms with Gasteiger partial charge in [-0.25, -0.2) is 15.8 Å². The van der Waals surface area contributed by atoms with Crippen LogP contribution in [0.4, 0.5) is 5.82 Å². The minimum Gasteiger partial charge on any atom is -0.308 e. The van der Waals surface area contributed by atoms with E-state index >= 15 is 0 Å². The first-order chi connectivity index (χ1) is 9.67. The maximum Gasteiger partial charge on any atom is 0.162 e. The van der Waals surface area contributed by atoms with E-state index in [9.17, 15) is 0 Å². The van der Waals surface area contributed by atoms with Gasteiger partial charge in [0.2, 0.25) is 0 Å². The summed E-state index contributed by atoms with van der Waals surface area (Å²) >= 11 is 0. The molecule has 2 aromatic heterocycles. The molecule has 0 aliphatic heterocycles. The van der Waals surface area contributed by atoms with Crippen LogP contribution in [0.2, 0.25) is 0 Å². The van der Waals surface area contributed by atoms with E-state index in [1.807, 2.05) is 44.2 Å². The summed E-state index contributed by atoms with van der Waals surface area (Å²) in [4.78, 5) is 13.5. The molecule has 0 saturated heterocycles. The molecule has 0 bridgehead atoms. The summed E-state index contributed by atoms with van der Waals surface area (Å²) in [7, 11) is 0. The standard InChI is InChI=1S/C15H15N5/c1-9-7-12(11-5-3-4-6-13(11)17-9)15-18-10(2)8-14(19-15)20-16/h3-8H,16H2,1-2H3,(H,18,19,20). The van der Waals surface area contributed by atoms with Gasteiger partial charge in [0.25, 0.3) is 0 Å². The lowest BCUT2D eigenvalue weighted by molar-refractivity contribution is 1.09. The van der Waals surface area contributed by atoms with Crippen LogP contribution in [0.1, 0.15) is 11.4 Å². The third kappa shape index (κ3) is 2.19. The first-order valence-electron chi connectivity index (χ1n) is 6.36. The van der Waals surface area contributed by atoms with E-state index in [4.69, 9.17) is 5.84 Å². The molecule has 0 aliphatic carbocycles. The fourth-order valence-corrected chi connectivity index (χ4v) is 2.26. The van der Waals surface area contributed by atoms with E-state index in [2.05, 4.69) is 20.4 Å². The molecule has 1 aromatic carbocycles. The summed E-state index contributed by atoms with van der Waals surface area (Å²) in [6.45, 7) is 3.89. The Morgan fingerprint density at radius 2 is 1.70 bits per heavy atom. The molecule has 0 spiro atoms. The number of nitrogens with one attached hydrogen (secondary N) is 1. The second-order valence-electron chi connectivity index (χ2n) is 4.69. The SMILES string of the molecule is Cc1cc(NN)nc(-c2cc(C)nc3ccccc23)n1. The number of benzene rings is 1. The van der Waals surface area contributed by atoms with Gasteiger partial charge in [0.15, 0.2) is 5.82 Å². The van der Waals surface area contributed by atoms with Gasteiger partial charge >= 0.3 is 0 Å². The third-order valence-electron chi connectivity index (χ3n) is 3.09. The Bertz CT molecular complexity index is 782. The maximum atomic E-state index is 5.46. The lowest BCUT2D eigenvalue weighted by atomic mass is 10.1. The van der Waals surface area contributed by atoms with Crippen LogP contribution < -0.4 is 11.3 Å². The number of rotatable bonds is 2. The number of hydrogen-bond acceptors (Lipinski definition) is 5. The number of aryl methyl sites for hydroxylation is 2. The molecule has 0 unspecified atom stereocenters. The Balaban J connectivity index is 2.31. The predicted octanol–water partition coefficient (Wildman–Crippen LogP) is 2.59. The van der Waals surface area contributed by atoms with E-state index in [-0.39, 0.29) is 0 Å². The summed E-state index contributed by atoms with van der Waals surface area (Å²) in [6.07, 6.45) is 0. The van der Waals surface area contributed by atoms with Crippen molar-refractivity contribution >= 4 is 16.7 Å². The van der Waals surface area contributed by atoms with Crippen molar-refractivity contribution in [3.8, 4) is 11.4 Å². The lowest BCUT2D eigenvalue weighted by Crippen LogP contribution is -2.10. The number of anilines is 1. The Kier molecular flexibility index (Phi) is 3.04. The Morgan fingerprint density at radius 3 is 2.50 bits per heavy atom. The molecular weight excluding hydrogens is 250 g/mol. The Hall–Kier alpha value is -2.53. The van der Waals surface area contributed by atoms with Crippen LogP contribution in [0.3, 0.4) is 0 Å². The molecule has 0 fully saturated rings. The molecule has 3 N–H and O–H groups in total. The highest BCUT2D eigenvalue weighted by atomic mass is 15.3. The van der Waals surface area contributed by atoms with Gasteiger partial charge in [-0.1, -0.05) is 18.2 Å². The van der Waals surface area contributed by atoms with Gasteiger partial charge in [0.05, 0.1) is 5.52 Å². The van der Waals surface area contributed by atoms with Crippen LogP contribution in [0.15, 0.2) is 36.4 Å². The van der Waals surface area contributed by atoms with Crippen LogP contribution in [0, 0.1) is 13.8 Å². The molecule has 0 saturated carbocycles. The number of hydrazine groups is 1. The van der Waals surface area contributed by atoms with E-state index in [1.54, 1.807) is 6.07 Å². The summed E-state index contributed by atoms with van der Waals surface area (Å²) in [6, 6.07) is 11.8. The van der Waals surface area contributed by atoms with Crippen LogP contribution in [0.25, 0.3) is 22.3 Å². The van der Waals surface area contributed by atoms with Crippen LogP contribution in [-0.4, -0.2) is 15.0 Å². The fourth-order valence-electron chi connectivity index (χ4n) is 2.26. The highest BCUT2D eigenvalue weighted by molar-refractivity contribution is 5.93. The monoisotopic (exact) mass is 265 g/mol. The molecule has 5 heteroatoms. The molecule has 0 radical (unpaired) electrons. The van der Waals surface area contributed by atoms with Crippen molar-refractivity contribution in [3.63, 3.8) is 0 Å². The normalized spacial score (nSPS) is 10.8. The molecule has 3 aromatic rings. The van der Waals surface area contributed by atoms with Gasteiger partial charge in [-0.2, -0.15) is 0 Å². The Morgan fingerprint density at radius 1 is 0.950 bits per heavy atom. The average Bonchev–Trinajstić information content (AvgIpc) is 2.45. The topological polar surface area (TPSA) is 76.7 Å². The number of nitrogens with zero attached hydrogens (tertiary/aromatic N) is 3. The van der Waals surface area contributed by atoms with Crippen molar-refractivity contribution in [1.82, 2.24) is 15.0 Å². The zero-order chi connectivity index (χ0) is 14.1. The van der Waals surface area contributed by atoms with Gasteiger partial charge < -0.3 is 5.43 Å². The van der Waals surface area contributed by atoms with Crippen molar-refractivity contribution in [3.05, 3.63) is 47.8 Å². The summed E-state index contributed by atoms with van der Waals surface area (Å²) in [5.74, 6) is 6.71. The second kappa shape index (κ2) is 4.86. The molecule has 0 atom stereocenters. The predicted molar refractivity (Wildman–Crippen MR) is 80.1 cm³/mol. The quantitative estimate of drug-likeness (QED) is 0.550. The molecule has 20 heavy (non-hydrogen) atoms. The highest BCUT2D eigenvalue weighted by Gasteiger charge is 2.10. The minimum absolute atomic E-state index is 0.603. The molecule has 5 nitrogen and oxygen atoms in total. The molecule has 0 aliphatic rings. The summed E-state index contributed by atoms with van der Waals surface area (Å²) < 4.78 is 0. The third-order valence-corrected chi connectivity index (χ3v) is 3.09. The van der Waals surface area contributed by atoms with E-state index in [0.717, 1.165) is 27.9 Å². The Labute approximate surface area is 116 Å². The molecule has 0 amide bonds. The molecule has 100 valence electrons. The first-order valence-corrected chi connectivity index (χ1v) is 6.36. The highest BCUT2D eigenvalue weighted by Crippen LogP contribution is 2.26. The number of para-hydroxylation sites is 1. The lowest BCUT2D eigenvalue weighted by Gasteiger charge is -2.09. The summed E-state index contributed by atoms with van der Waals surface area (Å²) in [5, 5.41) is 1.03. The number of hydrogen-bond donors (Lipinski definition) is 2. The van der Waals surface area contributed by atoms with E-state index in [0.29, 0.717) is 11.6 Å². The zero-order valence-electron chi connectivity index (χ0n) is 11.4. The van der Waals surface area contributed by atoms with Crippen molar-refractivity contribution in [2.24, 2.45) is 5.84 Å². The number of nitrogen functional groups attached to an aromatic ring is 1. The van der Waals surface area contributed by atoms with Gasteiger partial charge in [-0.15, -0.1) is 0 Å². The van der Waals surface area contributed by atoms with Gasteiger partial charge in [-0.3, -0.25) is 4.98 Å². The van der Waals surface area contributed by atoms with Crippen molar-refractivity contribution in [2.75, 3.05) is 5.43 Å². The van der Waals surface area contributed by atoms with Crippen molar-refractivity contribution in [1.29, 1.82) is 0 Å². The fraction of sp³-hybridized carbons (Fsp3) is 0.133. The number of nitrogens with two attached hydrogens (primary N) is 1. The minimum atomic E-state index is 0.603. The van der Waals surface area contributed by atoms with Crippen molar-refractivity contribution in [2.45, 2.75) is 13.8 Å². The van der Waals surface area contributed by atoms with Gasteiger partial charge in [0, 0.05) is 28.4 Å². The van der Waals surface area contributed by atoms with E-state index < -0.39 is 0 Å². The van der Waals surface area contributed by atoms with Crippen LogP contribution in [0.5, 0.6) is 0 Å². The first kappa shape index (κ1) is 12.5. The maximum absolute atomic E-state index is 5.46. The molecule has 3 rings (SSSR count). The summed E-state index contributed by atoms with van der Waals surface area (Å²) in [5.41, 5.74) is 6.28.